The maximum absolute atomic E-state index is 12.5. The number of aromatic amines is 1. The first-order valence-electron chi connectivity index (χ1n) is 8.91. The van der Waals surface area contributed by atoms with Gasteiger partial charge in [-0.25, -0.2) is 0 Å². The fraction of sp³-hybridized carbons (Fsp3) is 0.238. The quantitative estimate of drug-likeness (QED) is 0.763. The first-order valence-corrected chi connectivity index (χ1v) is 8.91. The van der Waals surface area contributed by atoms with Crippen molar-refractivity contribution in [3.8, 4) is 0 Å². The highest BCUT2D eigenvalue weighted by molar-refractivity contribution is 5.97. The number of nitrogens with zero attached hydrogens (tertiary/aromatic N) is 1. The van der Waals surface area contributed by atoms with E-state index in [9.17, 15) is 9.59 Å². The summed E-state index contributed by atoms with van der Waals surface area (Å²) in [5, 5.41) is 3.47. The monoisotopic (exact) mass is 347 g/mol. The molecule has 1 aliphatic rings. The number of carbonyl (C=O) groups excluding carboxylic acids is 1. The van der Waals surface area contributed by atoms with Gasteiger partial charge < -0.3 is 15.2 Å². The molecule has 3 aromatic rings. The first-order chi connectivity index (χ1) is 12.7. The standard InChI is InChI=1S/C21H21N3O2/c25-20-17-8-4-5-9-19(17)22-13-18(20)21(26)23-12-15-10-11-24(14-15)16-6-2-1-3-7-16/h1-9,13,15H,10-12,14H2,(H,22,25)(H,23,26). The molecule has 1 fully saturated rings. The topological polar surface area (TPSA) is 65.2 Å². The lowest BCUT2D eigenvalue weighted by atomic mass is 10.1. The van der Waals surface area contributed by atoms with Gasteiger partial charge in [-0.3, -0.25) is 9.59 Å². The molecule has 0 radical (unpaired) electrons. The average molecular weight is 347 g/mol. The minimum Gasteiger partial charge on any atom is -0.371 e. The van der Waals surface area contributed by atoms with Gasteiger partial charge in [0, 0.05) is 42.4 Å². The predicted molar refractivity (Wildman–Crippen MR) is 104 cm³/mol. The Labute approximate surface area is 151 Å². The lowest BCUT2D eigenvalue weighted by molar-refractivity contribution is 0.0947. The second-order valence-electron chi connectivity index (χ2n) is 6.72. The molecular formula is C21H21N3O2. The Hall–Kier alpha value is -3.08. The Bertz CT molecular complexity index is 981. The Morgan fingerprint density at radius 3 is 2.73 bits per heavy atom. The summed E-state index contributed by atoms with van der Waals surface area (Å²) in [5.74, 6) is 0.0776. The molecule has 1 aromatic heterocycles. The Morgan fingerprint density at radius 1 is 1.12 bits per heavy atom. The van der Waals surface area contributed by atoms with Gasteiger partial charge in [0.2, 0.25) is 5.43 Å². The number of hydrogen-bond donors (Lipinski definition) is 2. The minimum absolute atomic E-state index is 0.168. The van der Waals surface area contributed by atoms with Crippen LogP contribution < -0.4 is 15.6 Å². The molecule has 1 unspecified atom stereocenters. The lowest BCUT2D eigenvalue weighted by Gasteiger charge is -2.18. The van der Waals surface area contributed by atoms with Crippen molar-refractivity contribution >= 4 is 22.5 Å². The molecule has 0 spiro atoms. The SMILES string of the molecule is O=C(NCC1CCN(c2ccccc2)C1)c1c[nH]c2ccccc2c1=O. The molecule has 0 bridgehead atoms. The van der Waals surface area contributed by atoms with E-state index in [1.165, 1.54) is 11.9 Å². The lowest BCUT2D eigenvalue weighted by Crippen LogP contribution is -2.33. The third-order valence-corrected chi connectivity index (χ3v) is 4.99. The summed E-state index contributed by atoms with van der Waals surface area (Å²) in [6, 6.07) is 17.5. The number of aromatic nitrogens is 1. The van der Waals surface area contributed by atoms with Gasteiger partial charge in [0.1, 0.15) is 5.56 Å². The number of H-pyrrole nitrogens is 1. The van der Waals surface area contributed by atoms with Crippen LogP contribution in [0.25, 0.3) is 10.9 Å². The second kappa shape index (κ2) is 7.04. The maximum atomic E-state index is 12.5. The van der Waals surface area contributed by atoms with Gasteiger partial charge in [-0.1, -0.05) is 30.3 Å². The molecule has 26 heavy (non-hydrogen) atoms. The molecule has 1 saturated heterocycles. The molecule has 2 N–H and O–H groups in total. The van der Waals surface area contributed by atoms with E-state index in [4.69, 9.17) is 0 Å². The Balaban J connectivity index is 1.40. The highest BCUT2D eigenvalue weighted by atomic mass is 16.2. The van der Waals surface area contributed by atoms with E-state index in [2.05, 4.69) is 27.3 Å². The fourth-order valence-corrected chi connectivity index (χ4v) is 3.54. The van der Waals surface area contributed by atoms with Gasteiger partial charge >= 0.3 is 0 Å². The van der Waals surface area contributed by atoms with Crippen LogP contribution in [0, 0.1) is 5.92 Å². The summed E-state index contributed by atoms with van der Waals surface area (Å²) >= 11 is 0. The number of nitrogens with one attached hydrogen (secondary N) is 2. The molecule has 2 aromatic carbocycles. The van der Waals surface area contributed by atoms with Crippen molar-refractivity contribution in [2.45, 2.75) is 6.42 Å². The van der Waals surface area contributed by atoms with Gasteiger partial charge in [-0.15, -0.1) is 0 Å². The summed E-state index contributed by atoms with van der Waals surface area (Å²) in [5.41, 5.74) is 1.89. The van der Waals surface area contributed by atoms with Crippen molar-refractivity contribution in [3.63, 3.8) is 0 Å². The summed E-state index contributed by atoms with van der Waals surface area (Å²) in [4.78, 5) is 30.3. The molecule has 5 nitrogen and oxygen atoms in total. The van der Waals surface area contributed by atoms with Gasteiger partial charge in [0.25, 0.3) is 5.91 Å². The number of amides is 1. The van der Waals surface area contributed by atoms with Crippen molar-refractivity contribution in [1.82, 2.24) is 10.3 Å². The molecular weight excluding hydrogens is 326 g/mol. The number of para-hydroxylation sites is 2. The third kappa shape index (κ3) is 3.20. The highest BCUT2D eigenvalue weighted by Gasteiger charge is 2.23. The number of hydrogen-bond acceptors (Lipinski definition) is 3. The molecule has 4 rings (SSSR count). The predicted octanol–water partition coefficient (Wildman–Crippen LogP) is 2.78. The first kappa shape index (κ1) is 16.4. The third-order valence-electron chi connectivity index (χ3n) is 4.99. The number of anilines is 1. The van der Waals surface area contributed by atoms with E-state index < -0.39 is 0 Å². The smallest absolute Gasteiger partial charge is 0.256 e. The zero-order valence-electron chi connectivity index (χ0n) is 14.4. The van der Waals surface area contributed by atoms with Crippen LogP contribution in [0.4, 0.5) is 5.69 Å². The molecule has 2 heterocycles. The largest absolute Gasteiger partial charge is 0.371 e. The van der Waals surface area contributed by atoms with Gasteiger partial charge in [0.05, 0.1) is 0 Å². The van der Waals surface area contributed by atoms with Gasteiger partial charge in [-0.05, 0) is 36.6 Å². The number of pyridine rings is 1. The zero-order chi connectivity index (χ0) is 17.9. The second-order valence-corrected chi connectivity index (χ2v) is 6.72. The number of carbonyl (C=O) groups is 1. The summed E-state index contributed by atoms with van der Waals surface area (Å²) < 4.78 is 0. The highest BCUT2D eigenvalue weighted by Crippen LogP contribution is 2.23. The van der Waals surface area contributed by atoms with Crippen LogP contribution in [0.15, 0.2) is 65.6 Å². The van der Waals surface area contributed by atoms with Gasteiger partial charge in [-0.2, -0.15) is 0 Å². The minimum atomic E-state index is -0.310. The van der Waals surface area contributed by atoms with Crippen LogP contribution in [-0.2, 0) is 0 Å². The van der Waals surface area contributed by atoms with E-state index in [0.717, 1.165) is 25.0 Å². The Morgan fingerprint density at radius 2 is 1.88 bits per heavy atom. The summed E-state index contributed by atoms with van der Waals surface area (Å²) in [7, 11) is 0. The van der Waals surface area contributed by atoms with E-state index in [-0.39, 0.29) is 16.9 Å². The van der Waals surface area contributed by atoms with E-state index in [1.54, 1.807) is 12.1 Å². The van der Waals surface area contributed by atoms with Crippen LogP contribution >= 0.6 is 0 Å². The zero-order valence-corrected chi connectivity index (χ0v) is 14.4. The van der Waals surface area contributed by atoms with Crippen molar-refractivity contribution < 1.29 is 4.79 Å². The molecule has 132 valence electrons. The fourth-order valence-electron chi connectivity index (χ4n) is 3.54. The number of benzene rings is 2. The van der Waals surface area contributed by atoms with Crippen LogP contribution in [0.5, 0.6) is 0 Å². The van der Waals surface area contributed by atoms with Crippen molar-refractivity contribution in [1.29, 1.82) is 0 Å². The van der Waals surface area contributed by atoms with Crippen LogP contribution in [0.3, 0.4) is 0 Å². The van der Waals surface area contributed by atoms with Crippen molar-refractivity contribution in [2.24, 2.45) is 5.92 Å². The number of rotatable bonds is 4. The van der Waals surface area contributed by atoms with Crippen molar-refractivity contribution in [3.05, 3.63) is 76.6 Å². The van der Waals surface area contributed by atoms with E-state index in [0.29, 0.717) is 17.8 Å². The maximum Gasteiger partial charge on any atom is 0.256 e. The summed E-state index contributed by atoms with van der Waals surface area (Å²) in [6.45, 7) is 2.48. The molecule has 0 aliphatic carbocycles. The number of fused-ring (bicyclic) bond motifs is 1. The van der Waals surface area contributed by atoms with E-state index in [1.807, 2.05) is 30.3 Å². The van der Waals surface area contributed by atoms with Crippen LogP contribution in [0.2, 0.25) is 0 Å². The van der Waals surface area contributed by atoms with Crippen LogP contribution in [-0.4, -0.2) is 30.5 Å². The average Bonchev–Trinajstić information content (AvgIpc) is 3.16. The molecule has 1 aliphatic heterocycles. The summed E-state index contributed by atoms with van der Waals surface area (Å²) in [6.07, 6.45) is 2.54. The van der Waals surface area contributed by atoms with E-state index >= 15 is 0 Å². The van der Waals surface area contributed by atoms with Crippen molar-refractivity contribution in [2.75, 3.05) is 24.5 Å². The van der Waals surface area contributed by atoms with Crippen LogP contribution in [0.1, 0.15) is 16.8 Å². The molecule has 5 heteroatoms. The molecule has 0 saturated carbocycles. The normalized spacial score (nSPS) is 16.8. The molecule has 1 amide bonds. The molecule has 1 atom stereocenters. The Kier molecular flexibility index (Phi) is 4.44. The van der Waals surface area contributed by atoms with Gasteiger partial charge in [0.15, 0.2) is 0 Å².